The molecular formula is C30H60O6. The van der Waals surface area contributed by atoms with Gasteiger partial charge in [0.1, 0.15) is 0 Å². The predicted octanol–water partition coefficient (Wildman–Crippen LogP) is 7.66. The van der Waals surface area contributed by atoms with Crippen molar-refractivity contribution in [1.29, 1.82) is 0 Å². The van der Waals surface area contributed by atoms with Gasteiger partial charge in [-0.1, -0.05) is 104 Å². The first-order valence-corrected chi connectivity index (χ1v) is 15.3. The van der Waals surface area contributed by atoms with Crippen molar-refractivity contribution in [3.8, 4) is 0 Å². The summed E-state index contributed by atoms with van der Waals surface area (Å²) in [5.74, 6) is -0.116. The molecule has 0 unspecified atom stereocenters. The Morgan fingerprint density at radius 2 is 0.722 bits per heavy atom. The second-order valence-corrected chi connectivity index (χ2v) is 9.72. The molecule has 0 bridgehead atoms. The van der Waals surface area contributed by atoms with Gasteiger partial charge >= 0.3 is 5.97 Å². The van der Waals surface area contributed by atoms with Gasteiger partial charge in [0.25, 0.3) is 0 Å². The monoisotopic (exact) mass is 516 g/mol. The summed E-state index contributed by atoms with van der Waals surface area (Å²) in [6.45, 7) is 9.93. The second-order valence-electron chi connectivity index (χ2n) is 9.72. The van der Waals surface area contributed by atoms with E-state index < -0.39 is 0 Å². The minimum atomic E-state index is -0.116. The molecule has 0 N–H and O–H groups in total. The SMILES string of the molecule is CCCCCCCCCCCOCCOCCOCCOCCCC(=O)OCCCCCCCCC. The molecule has 0 aliphatic heterocycles. The summed E-state index contributed by atoms with van der Waals surface area (Å²) in [4.78, 5) is 11.7. The first-order valence-electron chi connectivity index (χ1n) is 15.3. The van der Waals surface area contributed by atoms with Gasteiger partial charge < -0.3 is 23.7 Å². The molecule has 6 nitrogen and oxygen atoms in total. The van der Waals surface area contributed by atoms with Crippen LogP contribution in [0.2, 0.25) is 0 Å². The molecule has 0 heterocycles. The Morgan fingerprint density at radius 3 is 1.17 bits per heavy atom. The first-order chi connectivity index (χ1) is 17.8. The standard InChI is InChI=1S/C30H60O6/c1-3-5-7-9-11-12-14-15-17-21-32-24-26-34-28-29-35-27-25-33-22-19-20-30(31)36-23-18-16-13-10-8-6-4-2/h3-29H2,1-2H3. The summed E-state index contributed by atoms with van der Waals surface area (Å²) < 4.78 is 27.4. The lowest BCUT2D eigenvalue weighted by Gasteiger charge is -2.08. The Bertz CT molecular complexity index is 418. The summed E-state index contributed by atoms with van der Waals surface area (Å²) in [6, 6.07) is 0. The maximum absolute atomic E-state index is 11.7. The van der Waals surface area contributed by atoms with E-state index in [-0.39, 0.29) is 5.97 Å². The number of carbonyl (C=O) groups excluding carboxylic acids is 1. The molecule has 0 rings (SSSR count). The molecule has 0 atom stereocenters. The molecule has 0 saturated heterocycles. The summed E-state index contributed by atoms with van der Waals surface area (Å²) in [5.41, 5.74) is 0. The fourth-order valence-corrected chi connectivity index (χ4v) is 3.91. The number of ether oxygens (including phenoxy) is 5. The Hall–Kier alpha value is -0.690. The van der Waals surface area contributed by atoms with Crippen LogP contribution < -0.4 is 0 Å². The number of esters is 1. The molecular weight excluding hydrogens is 456 g/mol. The highest BCUT2D eigenvalue weighted by Gasteiger charge is 2.02. The van der Waals surface area contributed by atoms with Crippen LogP contribution in [0.1, 0.15) is 129 Å². The van der Waals surface area contributed by atoms with Crippen LogP contribution in [0.25, 0.3) is 0 Å². The van der Waals surface area contributed by atoms with Crippen molar-refractivity contribution < 1.29 is 28.5 Å². The van der Waals surface area contributed by atoms with E-state index >= 15 is 0 Å². The molecule has 0 aliphatic rings. The lowest BCUT2D eigenvalue weighted by molar-refractivity contribution is -0.144. The molecule has 0 radical (unpaired) electrons. The molecule has 0 aliphatic carbocycles. The van der Waals surface area contributed by atoms with Gasteiger partial charge in [0, 0.05) is 19.6 Å². The molecule has 36 heavy (non-hydrogen) atoms. The van der Waals surface area contributed by atoms with Gasteiger partial charge in [-0.3, -0.25) is 4.79 Å². The molecule has 0 aromatic rings. The van der Waals surface area contributed by atoms with E-state index in [9.17, 15) is 4.79 Å². The lowest BCUT2D eigenvalue weighted by Crippen LogP contribution is -2.12. The van der Waals surface area contributed by atoms with Crippen LogP contribution in [0.4, 0.5) is 0 Å². The first kappa shape index (κ1) is 35.3. The predicted molar refractivity (Wildman–Crippen MR) is 149 cm³/mol. The molecule has 0 spiro atoms. The van der Waals surface area contributed by atoms with Crippen molar-refractivity contribution in [3.63, 3.8) is 0 Å². The van der Waals surface area contributed by atoms with Crippen LogP contribution in [0.5, 0.6) is 0 Å². The zero-order valence-electron chi connectivity index (χ0n) is 24.0. The van der Waals surface area contributed by atoms with Crippen LogP contribution in [-0.2, 0) is 28.5 Å². The smallest absolute Gasteiger partial charge is 0.305 e. The molecule has 0 aromatic carbocycles. The van der Waals surface area contributed by atoms with Gasteiger partial charge in [0.15, 0.2) is 0 Å². The fourth-order valence-electron chi connectivity index (χ4n) is 3.91. The van der Waals surface area contributed by atoms with E-state index in [0.717, 1.165) is 25.9 Å². The second kappa shape index (κ2) is 32.3. The van der Waals surface area contributed by atoms with Crippen molar-refractivity contribution >= 4 is 5.97 Å². The van der Waals surface area contributed by atoms with Gasteiger partial charge in [-0.05, 0) is 19.3 Å². The highest BCUT2D eigenvalue weighted by atomic mass is 16.6. The summed E-state index contributed by atoms with van der Waals surface area (Å²) in [5, 5.41) is 0. The zero-order valence-corrected chi connectivity index (χ0v) is 24.0. The zero-order chi connectivity index (χ0) is 26.2. The topological polar surface area (TPSA) is 63.2 Å². The Morgan fingerprint density at radius 1 is 0.389 bits per heavy atom. The summed E-state index contributed by atoms with van der Waals surface area (Å²) in [7, 11) is 0. The lowest BCUT2D eigenvalue weighted by atomic mass is 10.1. The van der Waals surface area contributed by atoms with Crippen molar-refractivity contribution in [2.45, 2.75) is 129 Å². The highest BCUT2D eigenvalue weighted by molar-refractivity contribution is 5.69. The summed E-state index contributed by atoms with van der Waals surface area (Å²) in [6.07, 6.45) is 21.7. The minimum Gasteiger partial charge on any atom is -0.466 e. The normalized spacial score (nSPS) is 11.3. The van der Waals surface area contributed by atoms with E-state index in [0.29, 0.717) is 65.7 Å². The maximum atomic E-state index is 11.7. The third kappa shape index (κ3) is 31.3. The molecule has 0 fully saturated rings. The van der Waals surface area contributed by atoms with E-state index in [2.05, 4.69) is 13.8 Å². The fraction of sp³-hybridized carbons (Fsp3) is 0.967. The van der Waals surface area contributed by atoms with Crippen molar-refractivity contribution in [2.24, 2.45) is 0 Å². The van der Waals surface area contributed by atoms with Gasteiger partial charge in [-0.25, -0.2) is 0 Å². The minimum absolute atomic E-state index is 0.116. The van der Waals surface area contributed by atoms with Crippen LogP contribution in [0, 0.1) is 0 Å². The maximum Gasteiger partial charge on any atom is 0.305 e. The van der Waals surface area contributed by atoms with Gasteiger partial charge in [0.2, 0.25) is 0 Å². The highest BCUT2D eigenvalue weighted by Crippen LogP contribution is 2.09. The van der Waals surface area contributed by atoms with E-state index in [1.54, 1.807) is 0 Å². The number of rotatable bonds is 31. The average molecular weight is 517 g/mol. The quantitative estimate of drug-likeness (QED) is 0.0696. The molecule has 6 heteroatoms. The molecule has 0 aromatic heterocycles. The van der Waals surface area contributed by atoms with Crippen LogP contribution in [-0.4, -0.2) is 65.4 Å². The Labute approximate surface area is 223 Å². The number of carbonyl (C=O) groups is 1. The Balaban J connectivity index is 3.11. The number of hydrogen-bond donors (Lipinski definition) is 0. The number of unbranched alkanes of at least 4 members (excludes halogenated alkanes) is 14. The van der Waals surface area contributed by atoms with Crippen LogP contribution in [0.15, 0.2) is 0 Å². The van der Waals surface area contributed by atoms with Gasteiger partial charge in [0.05, 0.1) is 46.2 Å². The summed E-state index contributed by atoms with van der Waals surface area (Å²) >= 11 is 0. The van der Waals surface area contributed by atoms with Crippen LogP contribution >= 0.6 is 0 Å². The third-order valence-electron chi connectivity index (χ3n) is 6.19. The molecule has 0 saturated carbocycles. The van der Waals surface area contributed by atoms with Crippen molar-refractivity contribution in [2.75, 3.05) is 59.5 Å². The Kier molecular flexibility index (Phi) is 31.7. The van der Waals surface area contributed by atoms with Crippen molar-refractivity contribution in [1.82, 2.24) is 0 Å². The molecule has 0 amide bonds. The largest absolute Gasteiger partial charge is 0.466 e. The third-order valence-corrected chi connectivity index (χ3v) is 6.19. The van der Waals surface area contributed by atoms with Gasteiger partial charge in [-0.2, -0.15) is 0 Å². The molecule has 216 valence electrons. The van der Waals surface area contributed by atoms with Gasteiger partial charge in [-0.15, -0.1) is 0 Å². The van der Waals surface area contributed by atoms with Crippen molar-refractivity contribution in [3.05, 3.63) is 0 Å². The van der Waals surface area contributed by atoms with E-state index in [1.807, 2.05) is 0 Å². The number of hydrogen-bond acceptors (Lipinski definition) is 6. The van der Waals surface area contributed by atoms with Crippen LogP contribution in [0.3, 0.4) is 0 Å². The van der Waals surface area contributed by atoms with E-state index in [4.69, 9.17) is 23.7 Å². The van der Waals surface area contributed by atoms with E-state index in [1.165, 1.54) is 83.5 Å². The average Bonchev–Trinajstić information content (AvgIpc) is 2.88.